The van der Waals surface area contributed by atoms with E-state index < -0.39 is 11.9 Å². The molecule has 1 aromatic rings. The number of carbonyl (C=O) groups is 2. The van der Waals surface area contributed by atoms with Crippen LogP contribution in [0.4, 0.5) is 0 Å². The lowest BCUT2D eigenvalue weighted by Crippen LogP contribution is -2.43. The molecule has 0 aliphatic heterocycles. The van der Waals surface area contributed by atoms with Crippen molar-refractivity contribution in [1.29, 1.82) is 0 Å². The Labute approximate surface area is 98.4 Å². The van der Waals surface area contributed by atoms with Gasteiger partial charge in [-0.05, 0) is 19.8 Å². The van der Waals surface area contributed by atoms with E-state index in [0.717, 1.165) is 18.7 Å². The second kappa shape index (κ2) is 4.52. The lowest BCUT2D eigenvalue weighted by Gasteiger charge is -2.10. The first-order valence-corrected chi connectivity index (χ1v) is 5.56. The average Bonchev–Trinajstić information content (AvgIpc) is 3.05. The summed E-state index contributed by atoms with van der Waals surface area (Å²) in [5, 5.41) is 11.6. The molecule has 1 fully saturated rings. The molecule has 0 bridgehead atoms. The fourth-order valence-corrected chi connectivity index (χ4v) is 1.46. The van der Waals surface area contributed by atoms with Crippen molar-refractivity contribution >= 4 is 11.8 Å². The third-order valence-electron chi connectivity index (χ3n) is 2.66. The van der Waals surface area contributed by atoms with Gasteiger partial charge in [0.2, 0.25) is 11.7 Å². The van der Waals surface area contributed by atoms with Crippen molar-refractivity contribution in [3.63, 3.8) is 0 Å². The van der Waals surface area contributed by atoms with E-state index in [9.17, 15) is 9.59 Å². The molecule has 1 aliphatic rings. The maximum absolute atomic E-state index is 11.7. The van der Waals surface area contributed by atoms with Crippen LogP contribution in [0.15, 0.2) is 0 Å². The molecule has 2 amide bonds. The molecule has 2 rings (SSSR count). The minimum atomic E-state index is -0.602. The summed E-state index contributed by atoms with van der Waals surface area (Å²) in [5.41, 5.74) is 0. The van der Waals surface area contributed by atoms with Gasteiger partial charge < -0.3 is 10.6 Å². The topological polar surface area (TPSA) is 99.8 Å². The predicted molar refractivity (Wildman–Crippen MR) is 59.4 cm³/mol. The molecule has 0 radical (unpaired) electrons. The number of rotatable bonds is 4. The Morgan fingerprint density at radius 3 is 2.76 bits per heavy atom. The number of hydrogen-bond acceptors (Lipinski definition) is 4. The van der Waals surface area contributed by atoms with E-state index in [1.807, 2.05) is 0 Å². The standard InChI is InChI=1S/C10H15N5O2/c1-5(9(16)11-2)12-10(17)8-13-7(14-15-8)6-3-4-6/h5-6H,3-4H2,1-2H3,(H,11,16)(H,12,17)(H,13,14,15). The second-order valence-electron chi connectivity index (χ2n) is 4.13. The van der Waals surface area contributed by atoms with E-state index >= 15 is 0 Å². The van der Waals surface area contributed by atoms with E-state index in [-0.39, 0.29) is 11.7 Å². The number of amides is 2. The Balaban J connectivity index is 1.96. The molecule has 0 aromatic carbocycles. The minimum Gasteiger partial charge on any atom is -0.357 e. The summed E-state index contributed by atoms with van der Waals surface area (Å²) in [7, 11) is 1.52. The summed E-state index contributed by atoms with van der Waals surface area (Å²) >= 11 is 0. The Morgan fingerprint density at radius 2 is 2.18 bits per heavy atom. The van der Waals surface area contributed by atoms with Crippen LogP contribution in [0.3, 0.4) is 0 Å². The van der Waals surface area contributed by atoms with E-state index in [4.69, 9.17) is 0 Å². The van der Waals surface area contributed by atoms with E-state index in [1.165, 1.54) is 7.05 Å². The number of likely N-dealkylation sites (N-methyl/N-ethyl adjacent to an activating group) is 1. The van der Waals surface area contributed by atoms with Crippen molar-refractivity contribution in [3.8, 4) is 0 Å². The third-order valence-corrected chi connectivity index (χ3v) is 2.66. The molecule has 17 heavy (non-hydrogen) atoms. The quantitative estimate of drug-likeness (QED) is 0.660. The largest absolute Gasteiger partial charge is 0.357 e. The molecule has 0 spiro atoms. The molecule has 1 atom stereocenters. The van der Waals surface area contributed by atoms with Gasteiger partial charge in [-0.2, -0.15) is 0 Å². The van der Waals surface area contributed by atoms with Gasteiger partial charge in [0.15, 0.2) is 0 Å². The summed E-state index contributed by atoms with van der Waals surface area (Å²) in [4.78, 5) is 27.0. The van der Waals surface area contributed by atoms with E-state index in [2.05, 4.69) is 25.8 Å². The second-order valence-corrected chi connectivity index (χ2v) is 4.13. The molecule has 7 heteroatoms. The van der Waals surface area contributed by atoms with Gasteiger partial charge in [0, 0.05) is 13.0 Å². The molecule has 92 valence electrons. The normalized spacial score (nSPS) is 16.4. The molecule has 1 aromatic heterocycles. The highest BCUT2D eigenvalue weighted by Crippen LogP contribution is 2.37. The average molecular weight is 237 g/mol. The molecular formula is C10H15N5O2. The highest BCUT2D eigenvalue weighted by Gasteiger charge is 2.28. The zero-order valence-electron chi connectivity index (χ0n) is 9.78. The Morgan fingerprint density at radius 1 is 1.47 bits per heavy atom. The maximum Gasteiger partial charge on any atom is 0.291 e. The highest BCUT2D eigenvalue weighted by atomic mass is 16.2. The van der Waals surface area contributed by atoms with Crippen molar-refractivity contribution in [1.82, 2.24) is 25.8 Å². The smallest absolute Gasteiger partial charge is 0.291 e. The Kier molecular flexibility index (Phi) is 3.08. The molecule has 1 aliphatic carbocycles. The highest BCUT2D eigenvalue weighted by molar-refractivity contribution is 5.94. The van der Waals surface area contributed by atoms with E-state index in [0.29, 0.717) is 5.92 Å². The van der Waals surface area contributed by atoms with Gasteiger partial charge in [-0.25, -0.2) is 4.98 Å². The molecule has 1 saturated carbocycles. The molecule has 1 unspecified atom stereocenters. The van der Waals surface area contributed by atoms with E-state index in [1.54, 1.807) is 6.92 Å². The van der Waals surface area contributed by atoms with Crippen molar-refractivity contribution in [3.05, 3.63) is 11.6 Å². The van der Waals surface area contributed by atoms with Crippen LogP contribution in [0.1, 0.15) is 42.1 Å². The van der Waals surface area contributed by atoms with Gasteiger partial charge in [-0.15, -0.1) is 5.10 Å². The first kappa shape index (κ1) is 11.6. The molecule has 0 saturated heterocycles. The summed E-state index contributed by atoms with van der Waals surface area (Å²) in [6, 6.07) is -0.602. The van der Waals surface area contributed by atoms with Crippen LogP contribution in [0.2, 0.25) is 0 Å². The number of H-pyrrole nitrogens is 1. The zero-order valence-corrected chi connectivity index (χ0v) is 9.78. The molecular weight excluding hydrogens is 222 g/mol. The van der Waals surface area contributed by atoms with Gasteiger partial charge >= 0.3 is 0 Å². The van der Waals surface area contributed by atoms with Gasteiger partial charge in [0.25, 0.3) is 5.91 Å². The monoisotopic (exact) mass is 237 g/mol. The fourth-order valence-electron chi connectivity index (χ4n) is 1.46. The number of nitrogens with one attached hydrogen (secondary N) is 3. The van der Waals surface area contributed by atoms with Crippen molar-refractivity contribution in [2.45, 2.75) is 31.7 Å². The number of aromatic amines is 1. The van der Waals surface area contributed by atoms with Gasteiger partial charge in [0.05, 0.1) is 0 Å². The van der Waals surface area contributed by atoms with Gasteiger partial charge in [0.1, 0.15) is 11.9 Å². The van der Waals surface area contributed by atoms with Crippen molar-refractivity contribution in [2.24, 2.45) is 0 Å². The van der Waals surface area contributed by atoms with Crippen LogP contribution in [0, 0.1) is 0 Å². The summed E-state index contributed by atoms with van der Waals surface area (Å²) in [5.74, 6) is 0.561. The first-order valence-electron chi connectivity index (χ1n) is 5.56. The number of hydrogen-bond donors (Lipinski definition) is 3. The molecule has 1 heterocycles. The Hall–Kier alpha value is -1.92. The lowest BCUT2D eigenvalue weighted by atomic mass is 10.3. The minimum absolute atomic E-state index is 0.0858. The van der Waals surface area contributed by atoms with Crippen molar-refractivity contribution < 1.29 is 9.59 Å². The Bertz CT molecular complexity index is 438. The number of nitrogens with zero attached hydrogens (tertiary/aromatic N) is 2. The maximum atomic E-state index is 11.7. The van der Waals surface area contributed by atoms with Crippen LogP contribution in [-0.4, -0.2) is 40.1 Å². The van der Waals surface area contributed by atoms with Crippen LogP contribution in [0.5, 0.6) is 0 Å². The molecule has 7 nitrogen and oxygen atoms in total. The zero-order chi connectivity index (χ0) is 12.4. The fraction of sp³-hybridized carbons (Fsp3) is 0.600. The van der Waals surface area contributed by atoms with Crippen LogP contribution >= 0.6 is 0 Å². The first-order chi connectivity index (χ1) is 8.11. The summed E-state index contributed by atoms with van der Waals surface area (Å²) in [6.07, 6.45) is 2.18. The van der Waals surface area contributed by atoms with Crippen LogP contribution < -0.4 is 10.6 Å². The SMILES string of the molecule is CNC(=O)C(C)NC(=O)c1n[nH]c(C2CC2)n1. The molecule has 3 N–H and O–H groups in total. The summed E-state index contributed by atoms with van der Waals surface area (Å²) in [6.45, 7) is 1.60. The van der Waals surface area contributed by atoms with Crippen LogP contribution in [-0.2, 0) is 4.79 Å². The van der Waals surface area contributed by atoms with Gasteiger partial charge in [-0.1, -0.05) is 0 Å². The lowest BCUT2D eigenvalue weighted by molar-refractivity contribution is -0.122. The van der Waals surface area contributed by atoms with Gasteiger partial charge in [-0.3, -0.25) is 14.7 Å². The third kappa shape index (κ3) is 2.61. The predicted octanol–water partition coefficient (Wildman–Crippen LogP) is -0.454. The number of carbonyl (C=O) groups excluding carboxylic acids is 2. The number of aromatic nitrogens is 3. The van der Waals surface area contributed by atoms with Crippen molar-refractivity contribution in [2.75, 3.05) is 7.05 Å². The van der Waals surface area contributed by atoms with Crippen LogP contribution in [0.25, 0.3) is 0 Å². The summed E-state index contributed by atoms with van der Waals surface area (Å²) < 4.78 is 0.